The van der Waals surface area contributed by atoms with Gasteiger partial charge in [-0.15, -0.1) is 0 Å². The highest BCUT2D eigenvalue weighted by atomic mass is 16.5. The molecule has 1 amide bonds. The lowest BCUT2D eigenvalue weighted by Crippen LogP contribution is -2.39. The molecule has 0 saturated heterocycles. The summed E-state index contributed by atoms with van der Waals surface area (Å²) in [7, 11) is 1.51. The van der Waals surface area contributed by atoms with E-state index in [2.05, 4.69) is 53.4 Å². The monoisotopic (exact) mass is 452 g/mol. The molecule has 0 aromatic heterocycles. The first-order valence-electron chi connectivity index (χ1n) is 11.2. The van der Waals surface area contributed by atoms with Crippen LogP contribution in [-0.2, 0) is 4.79 Å². The summed E-state index contributed by atoms with van der Waals surface area (Å²) in [6.45, 7) is 1.34. The van der Waals surface area contributed by atoms with Gasteiger partial charge in [0.1, 0.15) is 0 Å². The number of phenols is 1. The lowest BCUT2D eigenvalue weighted by atomic mass is 9.97. The molecule has 1 N–H and O–H groups in total. The molecule has 0 fully saturated rings. The number of methoxy groups -OCH3 is 1. The Kier molecular flexibility index (Phi) is 7.45. The second-order valence-corrected chi connectivity index (χ2v) is 7.94. The molecule has 172 valence electrons. The minimum atomic E-state index is -0.0696. The molecule has 0 atom stereocenters. The fourth-order valence-corrected chi connectivity index (χ4v) is 3.98. The minimum Gasteiger partial charge on any atom is -0.504 e. The van der Waals surface area contributed by atoms with E-state index in [0.29, 0.717) is 12.3 Å². The van der Waals surface area contributed by atoms with Gasteiger partial charge in [-0.3, -0.25) is 4.79 Å². The molecule has 1 heterocycles. The standard InChI is InChI=1S/C29H28N2O3/c1-34-27-22-23(16-17-26(27)32)10-8-9-15-28(33)30-18-20-31(21-19-30)29(24-11-4-2-5-12-24)25-13-6-3-7-14-25/h2-18,20,22,29,32H,19,21H2,1H3. The number of ether oxygens (including phenoxy) is 1. The molecule has 0 aliphatic carbocycles. The molecule has 5 heteroatoms. The van der Waals surface area contributed by atoms with Gasteiger partial charge < -0.3 is 19.6 Å². The summed E-state index contributed by atoms with van der Waals surface area (Å²) in [6.07, 6.45) is 10.8. The van der Waals surface area contributed by atoms with Crippen molar-refractivity contribution >= 4 is 12.0 Å². The second kappa shape index (κ2) is 11.1. The third kappa shape index (κ3) is 5.56. The number of hydrogen-bond acceptors (Lipinski definition) is 4. The highest BCUT2D eigenvalue weighted by Crippen LogP contribution is 2.30. The van der Waals surface area contributed by atoms with E-state index in [1.807, 2.05) is 30.6 Å². The maximum Gasteiger partial charge on any atom is 0.250 e. The molecule has 0 saturated carbocycles. The van der Waals surface area contributed by atoms with Gasteiger partial charge in [0.15, 0.2) is 11.5 Å². The van der Waals surface area contributed by atoms with Crippen molar-refractivity contribution in [3.8, 4) is 11.5 Å². The maximum atomic E-state index is 12.7. The van der Waals surface area contributed by atoms with Gasteiger partial charge in [0.05, 0.1) is 13.2 Å². The number of hydrogen-bond donors (Lipinski definition) is 1. The normalized spacial score (nSPS) is 13.8. The average Bonchev–Trinajstić information content (AvgIpc) is 2.89. The summed E-state index contributed by atoms with van der Waals surface area (Å²) in [4.78, 5) is 16.6. The van der Waals surface area contributed by atoms with Crippen LogP contribution in [0.4, 0.5) is 0 Å². The van der Waals surface area contributed by atoms with Crippen molar-refractivity contribution in [1.82, 2.24) is 9.80 Å². The van der Waals surface area contributed by atoms with Gasteiger partial charge in [0, 0.05) is 31.6 Å². The van der Waals surface area contributed by atoms with Gasteiger partial charge in [-0.2, -0.15) is 0 Å². The molecule has 5 nitrogen and oxygen atoms in total. The number of carbonyl (C=O) groups is 1. The van der Waals surface area contributed by atoms with Crippen LogP contribution in [0.15, 0.2) is 109 Å². The number of aromatic hydroxyl groups is 1. The van der Waals surface area contributed by atoms with Gasteiger partial charge in [-0.25, -0.2) is 0 Å². The summed E-state index contributed by atoms with van der Waals surface area (Å²) in [5.74, 6) is 0.437. The van der Waals surface area contributed by atoms with Crippen LogP contribution < -0.4 is 4.74 Å². The van der Waals surface area contributed by atoms with Crippen molar-refractivity contribution < 1.29 is 14.6 Å². The molecule has 4 rings (SSSR count). The Bertz CT molecular complexity index is 1150. The summed E-state index contributed by atoms with van der Waals surface area (Å²) in [6, 6.07) is 26.0. The summed E-state index contributed by atoms with van der Waals surface area (Å²) in [5, 5.41) is 9.68. The Labute approximate surface area is 200 Å². The molecule has 0 radical (unpaired) electrons. The van der Waals surface area contributed by atoms with Gasteiger partial charge >= 0.3 is 0 Å². The van der Waals surface area contributed by atoms with E-state index in [1.54, 1.807) is 41.3 Å². The van der Waals surface area contributed by atoms with E-state index in [1.165, 1.54) is 18.2 Å². The summed E-state index contributed by atoms with van der Waals surface area (Å²) >= 11 is 0. The number of nitrogens with zero attached hydrogens (tertiary/aromatic N) is 2. The topological polar surface area (TPSA) is 53.0 Å². The lowest BCUT2D eigenvalue weighted by molar-refractivity contribution is -0.124. The molecule has 3 aromatic rings. The summed E-state index contributed by atoms with van der Waals surface area (Å²) in [5.41, 5.74) is 3.30. The Morgan fingerprint density at radius 1 is 0.912 bits per heavy atom. The zero-order chi connectivity index (χ0) is 23.8. The Morgan fingerprint density at radius 3 is 2.18 bits per heavy atom. The van der Waals surface area contributed by atoms with Crippen molar-refractivity contribution in [3.05, 3.63) is 126 Å². The largest absolute Gasteiger partial charge is 0.504 e. The van der Waals surface area contributed by atoms with Crippen LogP contribution in [0, 0.1) is 0 Å². The zero-order valence-electron chi connectivity index (χ0n) is 19.1. The number of allylic oxidation sites excluding steroid dienone is 2. The van der Waals surface area contributed by atoms with Crippen LogP contribution in [-0.4, -0.2) is 41.0 Å². The van der Waals surface area contributed by atoms with Crippen LogP contribution in [0.5, 0.6) is 11.5 Å². The second-order valence-electron chi connectivity index (χ2n) is 7.94. The third-order valence-electron chi connectivity index (χ3n) is 5.72. The van der Waals surface area contributed by atoms with E-state index in [0.717, 1.165) is 12.1 Å². The molecule has 0 bridgehead atoms. The predicted molar refractivity (Wildman–Crippen MR) is 135 cm³/mol. The maximum absolute atomic E-state index is 12.7. The molecular formula is C29H28N2O3. The third-order valence-corrected chi connectivity index (χ3v) is 5.72. The smallest absolute Gasteiger partial charge is 0.250 e. The van der Waals surface area contributed by atoms with Gasteiger partial charge in [-0.1, -0.05) is 85.0 Å². The highest BCUT2D eigenvalue weighted by Gasteiger charge is 2.23. The number of amides is 1. The van der Waals surface area contributed by atoms with Crippen LogP contribution in [0.2, 0.25) is 0 Å². The van der Waals surface area contributed by atoms with Crippen LogP contribution in [0.1, 0.15) is 22.7 Å². The number of benzene rings is 3. The van der Waals surface area contributed by atoms with Crippen molar-refractivity contribution in [2.45, 2.75) is 6.04 Å². The first-order valence-corrected chi connectivity index (χ1v) is 11.2. The zero-order valence-corrected chi connectivity index (χ0v) is 19.1. The average molecular weight is 453 g/mol. The highest BCUT2D eigenvalue weighted by molar-refractivity contribution is 5.88. The van der Waals surface area contributed by atoms with E-state index in [9.17, 15) is 9.90 Å². The Hall–Kier alpha value is -4.25. The molecule has 1 aliphatic heterocycles. The van der Waals surface area contributed by atoms with Crippen molar-refractivity contribution in [1.29, 1.82) is 0 Å². The fourth-order valence-electron chi connectivity index (χ4n) is 3.98. The molecule has 3 aromatic carbocycles. The predicted octanol–water partition coefficient (Wildman–Crippen LogP) is 5.38. The molecule has 34 heavy (non-hydrogen) atoms. The number of carbonyl (C=O) groups excluding carboxylic acids is 1. The molecule has 0 unspecified atom stereocenters. The molecule has 0 spiro atoms. The van der Waals surface area contributed by atoms with Crippen LogP contribution in [0.3, 0.4) is 0 Å². The Morgan fingerprint density at radius 2 is 1.59 bits per heavy atom. The van der Waals surface area contributed by atoms with E-state index >= 15 is 0 Å². The van der Waals surface area contributed by atoms with Gasteiger partial charge in [-0.05, 0) is 28.8 Å². The number of phenolic OH excluding ortho intramolecular Hbond substituents is 1. The number of rotatable bonds is 7. The summed E-state index contributed by atoms with van der Waals surface area (Å²) < 4.78 is 5.12. The van der Waals surface area contributed by atoms with Crippen LogP contribution in [0.25, 0.3) is 6.08 Å². The van der Waals surface area contributed by atoms with E-state index < -0.39 is 0 Å². The van der Waals surface area contributed by atoms with Gasteiger partial charge in [0.25, 0.3) is 5.91 Å². The fraction of sp³-hybridized carbons (Fsp3) is 0.138. The lowest BCUT2D eigenvalue weighted by Gasteiger charge is -2.36. The van der Waals surface area contributed by atoms with E-state index in [4.69, 9.17) is 4.74 Å². The van der Waals surface area contributed by atoms with Gasteiger partial charge in [0.2, 0.25) is 0 Å². The first-order chi connectivity index (χ1) is 16.7. The van der Waals surface area contributed by atoms with Crippen LogP contribution >= 0.6 is 0 Å². The van der Waals surface area contributed by atoms with Crippen molar-refractivity contribution in [2.24, 2.45) is 0 Å². The first kappa shape index (κ1) is 22.9. The molecule has 1 aliphatic rings. The SMILES string of the molecule is COc1cc(C=CC=CC(=O)N2C=CN(C(c3ccccc3)c3ccccc3)CC2)ccc1O. The van der Waals surface area contributed by atoms with E-state index in [-0.39, 0.29) is 17.7 Å². The minimum absolute atomic E-state index is 0.0696. The van der Waals surface area contributed by atoms with Crippen molar-refractivity contribution in [2.75, 3.05) is 20.2 Å². The quantitative estimate of drug-likeness (QED) is 0.387. The molecular weight excluding hydrogens is 424 g/mol. The van der Waals surface area contributed by atoms with Crippen molar-refractivity contribution in [3.63, 3.8) is 0 Å². The Balaban J connectivity index is 1.42.